The van der Waals surface area contributed by atoms with Gasteiger partial charge in [0.15, 0.2) is 0 Å². The van der Waals surface area contributed by atoms with Crippen LogP contribution in [0.25, 0.3) is 0 Å². The summed E-state index contributed by atoms with van der Waals surface area (Å²) in [6.07, 6.45) is 2.37. The van der Waals surface area contributed by atoms with E-state index < -0.39 is 0 Å². The molecule has 1 aliphatic heterocycles. The third-order valence-corrected chi connectivity index (χ3v) is 2.70. The Bertz CT molecular complexity index is 311. The maximum atomic E-state index is 5.50. The lowest BCUT2D eigenvalue weighted by molar-refractivity contribution is 0.143. The molecule has 1 unspecified atom stereocenters. The lowest BCUT2D eigenvalue weighted by Gasteiger charge is -2.31. The summed E-state index contributed by atoms with van der Waals surface area (Å²) >= 11 is 0. The van der Waals surface area contributed by atoms with Gasteiger partial charge in [-0.3, -0.25) is 0 Å². The quantitative estimate of drug-likeness (QED) is 0.749. The van der Waals surface area contributed by atoms with Crippen LogP contribution in [-0.4, -0.2) is 42.0 Å². The monoisotopic (exact) mass is 211 g/mol. The molecule has 0 amide bonds. The first-order chi connectivity index (χ1) is 7.29. The first-order valence-electron chi connectivity index (χ1n) is 5.21. The van der Waals surface area contributed by atoms with Gasteiger partial charge in [0.2, 0.25) is 11.9 Å². The Labute approximate surface area is 88.8 Å². The fourth-order valence-electron chi connectivity index (χ4n) is 2.02. The molecule has 0 spiro atoms. The zero-order chi connectivity index (χ0) is 10.7. The van der Waals surface area contributed by atoms with Crippen LogP contribution in [-0.2, 0) is 4.74 Å². The molecule has 1 saturated heterocycles. The van der Waals surface area contributed by atoms with Gasteiger partial charge in [-0.1, -0.05) is 0 Å². The third-order valence-electron chi connectivity index (χ3n) is 2.70. The van der Waals surface area contributed by atoms with E-state index in [4.69, 9.17) is 10.5 Å². The Morgan fingerprint density at radius 2 is 2.53 bits per heavy atom. The zero-order valence-corrected chi connectivity index (χ0v) is 8.94. The van der Waals surface area contributed by atoms with E-state index in [0.717, 1.165) is 26.1 Å². The highest BCUT2D eigenvalue weighted by atomic mass is 16.5. The van der Waals surface area contributed by atoms with Gasteiger partial charge in [0, 0.05) is 20.2 Å². The molecule has 0 saturated carbocycles. The fourth-order valence-corrected chi connectivity index (χ4v) is 2.02. The Hall–Kier alpha value is -1.30. The second-order valence-corrected chi connectivity index (χ2v) is 3.93. The van der Waals surface area contributed by atoms with E-state index in [1.165, 1.54) is 6.42 Å². The summed E-state index contributed by atoms with van der Waals surface area (Å²) in [5.41, 5.74) is 5.50. The van der Waals surface area contributed by atoms with E-state index in [1.807, 2.05) is 0 Å². The van der Waals surface area contributed by atoms with E-state index in [2.05, 4.69) is 20.1 Å². The summed E-state index contributed by atoms with van der Waals surface area (Å²) in [6, 6.07) is 0. The lowest BCUT2D eigenvalue weighted by Crippen LogP contribution is -2.37. The smallest absolute Gasteiger partial charge is 0.246 e. The molecule has 1 atom stereocenters. The van der Waals surface area contributed by atoms with Crippen LogP contribution in [0.2, 0.25) is 0 Å². The molecule has 1 aliphatic rings. The summed E-state index contributed by atoms with van der Waals surface area (Å²) < 4.78 is 5.17. The molecule has 1 aromatic heterocycles. The van der Waals surface area contributed by atoms with Crippen LogP contribution in [0.4, 0.5) is 11.9 Å². The molecular weight excluding hydrogens is 194 g/mol. The number of aromatic amines is 1. The van der Waals surface area contributed by atoms with Crippen molar-refractivity contribution < 1.29 is 4.74 Å². The number of rotatable bonds is 3. The number of hydrogen-bond acceptors (Lipinski definition) is 5. The topological polar surface area (TPSA) is 80.1 Å². The number of nitrogen functional groups attached to an aromatic ring is 1. The Balaban J connectivity index is 1.98. The van der Waals surface area contributed by atoms with Crippen LogP contribution < -0.4 is 10.6 Å². The fraction of sp³-hybridized carbons (Fsp3) is 0.778. The maximum Gasteiger partial charge on any atom is 0.246 e. The highest BCUT2D eigenvalue weighted by molar-refractivity contribution is 5.34. The summed E-state index contributed by atoms with van der Waals surface area (Å²) in [5.74, 6) is 1.65. The number of nitrogens with one attached hydrogen (secondary N) is 1. The number of hydrogen-bond donors (Lipinski definition) is 2. The number of H-pyrrole nitrogens is 1. The second-order valence-electron chi connectivity index (χ2n) is 3.93. The molecule has 2 heterocycles. The second kappa shape index (κ2) is 4.48. The number of methoxy groups -OCH3 is 1. The molecule has 1 aromatic rings. The molecule has 2 rings (SSSR count). The van der Waals surface area contributed by atoms with Crippen molar-refractivity contribution in [2.75, 3.05) is 37.4 Å². The van der Waals surface area contributed by atoms with Gasteiger partial charge in [0.05, 0.1) is 6.61 Å². The minimum atomic E-state index is 0.374. The Morgan fingerprint density at radius 3 is 3.20 bits per heavy atom. The first kappa shape index (κ1) is 10.2. The van der Waals surface area contributed by atoms with Crippen molar-refractivity contribution >= 4 is 11.9 Å². The number of ether oxygens (including phenoxy) is 1. The maximum absolute atomic E-state index is 5.50. The van der Waals surface area contributed by atoms with Crippen LogP contribution in [0.15, 0.2) is 0 Å². The molecule has 3 N–H and O–H groups in total. The van der Waals surface area contributed by atoms with Gasteiger partial charge in [0.1, 0.15) is 0 Å². The minimum Gasteiger partial charge on any atom is -0.384 e. The average Bonchev–Trinajstić information content (AvgIpc) is 2.66. The molecule has 15 heavy (non-hydrogen) atoms. The number of nitrogens with zero attached hydrogens (tertiary/aromatic N) is 3. The Morgan fingerprint density at radius 1 is 1.67 bits per heavy atom. The molecular formula is C9H17N5O. The number of nitrogens with two attached hydrogens (primary N) is 1. The number of aromatic nitrogens is 3. The van der Waals surface area contributed by atoms with Crippen molar-refractivity contribution in [3.05, 3.63) is 0 Å². The lowest BCUT2D eigenvalue weighted by atomic mass is 9.99. The normalized spacial score (nSPS) is 21.9. The predicted octanol–water partition coefficient (Wildman–Crippen LogP) is 0.250. The van der Waals surface area contributed by atoms with Crippen molar-refractivity contribution in [2.45, 2.75) is 12.8 Å². The van der Waals surface area contributed by atoms with Crippen LogP contribution in [0.5, 0.6) is 0 Å². The van der Waals surface area contributed by atoms with Gasteiger partial charge in [0.25, 0.3) is 0 Å². The summed E-state index contributed by atoms with van der Waals surface area (Å²) in [6.45, 7) is 2.75. The molecule has 6 heteroatoms. The highest BCUT2D eigenvalue weighted by Gasteiger charge is 2.22. The summed E-state index contributed by atoms with van der Waals surface area (Å²) in [4.78, 5) is 6.28. The van der Waals surface area contributed by atoms with E-state index in [1.54, 1.807) is 7.11 Å². The van der Waals surface area contributed by atoms with Crippen LogP contribution in [0, 0.1) is 5.92 Å². The molecule has 0 aliphatic carbocycles. The van der Waals surface area contributed by atoms with Gasteiger partial charge >= 0.3 is 0 Å². The largest absolute Gasteiger partial charge is 0.384 e. The van der Waals surface area contributed by atoms with Crippen LogP contribution >= 0.6 is 0 Å². The van der Waals surface area contributed by atoms with Gasteiger partial charge in [-0.15, -0.1) is 5.10 Å². The van der Waals surface area contributed by atoms with Crippen molar-refractivity contribution in [3.63, 3.8) is 0 Å². The third kappa shape index (κ3) is 2.38. The van der Waals surface area contributed by atoms with Crippen molar-refractivity contribution in [3.8, 4) is 0 Å². The highest BCUT2D eigenvalue weighted by Crippen LogP contribution is 2.20. The van der Waals surface area contributed by atoms with Gasteiger partial charge in [-0.25, -0.2) is 5.10 Å². The zero-order valence-electron chi connectivity index (χ0n) is 8.94. The van der Waals surface area contributed by atoms with E-state index in [-0.39, 0.29) is 0 Å². The van der Waals surface area contributed by atoms with E-state index in [9.17, 15) is 0 Å². The van der Waals surface area contributed by atoms with Crippen LogP contribution in [0.1, 0.15) is 12.8 Å². The molecule has 0 aromatic carbocycles. The van der Waals surface area contributed by atoms with E-state index in [0.29, 0.717) is 17.8 Å². The standard InChI is InChI=1S/C9H17N5O/c1-15-6-7-3-2-4-14(5-7)9-11-8(10)12-13-9/h7H,2-6H2,1H3,(H3,10,11,12,13). The average molecular weight is 211 g/mol. The van der Waals surface area contributed by atoms with Crippen molar-refractivity contribution in [2.24, 2.45) is 5.92 Å². The van der Waals surface area contributed by atoms with Crippen molar-refractivity contribution in [1.82, 2.24) is 15.2 Å². The Kier molecular flexibility index (Phi) is 3.05. The molecule has 0 radical (unpaired) electrons. The molecule has 1 fully saturated rings. The van der Waals surface area contributed by atoms with E-state index >= 15 is 0 Å². The first-order valence-corrected chi connectivity index (χ1v) is 5.21. The van der Waals surface area contributed by atoms with Gasteiger partial charge < -0.3 is 15.4 Å². The van der Waals surface area contributed by atoms with Crippen molar-refractivity contribution in [1.29, 1.82) is 0 Å². The minimum absolute atomic E-state index is 0.374. The number of anilines is 2. The van der Waals surface area contributed by atoms with Gasteiger partial charge in [-0.2, -0.15) is 4.98 Å². The SMILES string of the molecule is COCC1CCCN(c2n[nH]c(N)n2)C1. The summed E-state index contributed by atoms with van der Waals surface area (Å²) in [5, 5.41) is 6.71. The predicted molar refractivity (Wildman–Crippen MR) is 57.6 cm³/mol. The summed E-state index contributed by atoms with van der Waals surface area (Å²) in [7, 11) is 1.74. The van der Waals surface area contributed by atoms with Gasteiger partial charge in [-0.05, 0) is 18.8 Å². The number of piperidine rings is 1. The molecule has 0 bridgehead atoms. The molecule has 84 valence electrons. The molecule has 6 nitrogen and oxygen atoms in total. The van der Waals surface area contributed by atoms with Crippen LogP contribution in [0.3, 0.4) is 0 Å².